The van der Waals surface area contributed by atoms with Crippen LogP contribution in [0.4, 0.5) is 4.39 Å². The number of amides is 1. The Balaban J connectivity index is 1.39. The molecule has 1 saturated carbocycles. The molecule has 1 saturated heterocycles. The predicted molar refractivity (Wildman–Crippen MR) is 116 cm³/mol. The minimum Gasteiger partial charge on any atom is -0.366 e. The van der Waals surface area contributed by atoms with Crippen molar-refractivity contribution in [2.24, 2.45) is 5.73 Å². The standard InChI is InChI=1S/C21H22Cl2FN3OS/c22-15-8-16(23)10-17(9-15)29-27-5-3-26(4-6-27)12-14-7-20(24)19(21(25)28)11-18(14)13-1-2-13/h7-11,13H,1-6,12H2,(H2,25,28). The number of nitrogens with two attached hydrogens (primary N) is 1. The molecule has 4 rings (SSSR count). The summed E-state index contributed by atoms with van der Waals surface area (Å²) in [5, 5.41) is 1.26. The lowest BCUT2D eigenvalue weighted by Crippen LogP contribution is -2.43. The summed E-state index contributed by atoms with van der Waals surface area (Å²) in [6.45, 7) is 4.21. The van der Waals surface area contributed by atoms with Crippen molar-refractivity contribution in [3.05, 3.63) is 62.9 Å². The minimum absolute atomic E-state index is 0.00273. The second kappa shape index (κ2) is 8.82. The maximum atomic E-state index is 14.3. The van der Waals surface area contributed by atoms with Crippen LogP contribution in [-0.2, 0) is 6.54 Å². The van der Waals surface area contributed by atoms with E-state index in [1.54, 1.807) is 24.1 Å². The van der Waals surface area contributed by atoms with E-state index < -0.39 is 11.7 Å². The molecular weight excluding hydrogens is 432 g/mol. The van der Waals surface area contributed by atoms with Gasteiger partial charge in [-0.2, -0.15) is 0 Å². The van der Waals surface area contributed by atoms with Gasteiger partial charge in [-0.05, 0) is 72.2 Å². The maximum Gasteiger partial charge on any atom is 0.251 e. The summed E-state index contributed by atoms with van der Waals surface area (Å²) >= 11 is 13.8. The van der Waals surface area contributed by atoms with E-state index in [0.29, 0.717) is 22.5 Å². The zero-order valence-electron chi connectivity index (χ0n) is 15.8. The van der Waals surface area contributed by atoms with E-state index in [0.717, 1.165) is 55.0 Å². The Kier molecular flexibility index (Phi) is 6.37. The number of piperazine rings is 1. The molecule has 2 fully saturated rings. The summed E-state index contributed by atoms with van der Waals surface area (Å²) in [6, 6.07) is 8.72. The highest BCUT2D eigenvalue weighted by Crippen LogP contribution is 2.42. The topological polar surface area (TPSA) is 49.6 Å². The van der Waals surface area contributed by atoms with Gasteiger partial charge in [0, 0.05) is 47.7 Å². The third-order valence-corrected chi connectivity index (χ3v) is 6.81. The van der Waals surface area contributed by atoms with E-state index in [4.69, 9.17) is 28.9 Å². The molecule has 4 nitrogen and oxygen atoms in total. The number of halogens is 3. The van der Waals surface area contributed by atoms with Gasteiger partial charge in [0.05, 0.1) is 5.56 Å². The fourth-order valence-electron chi connectivity index (χ4n) is 3.68. The van der Waals surface area contributed by atoms with Gasteiger partial charge in [0.1, 0.15) is 5.82 Å². The lowest BCUT2D eigenvalue weighted by atomic mass is 9.98. The normalized spacial score (nSPS) is 18.2. The molecule has 0 spiro atoms. The zero-order valence-corrected chi connectivity index (χ0v) is 18.2. The van der Waals surface area contributed by atoms with Crippen LogP contribution in [0.3, 0.4) is 0 Å². The zero-order chi connectivity index (χ0) is 20.5. The van der Waals surface area contributed by atoms with Crippen LogP contribution in [0, 0.1) is 5.82 Å². The van der Waals surface area contributed by atoms with Crippen molar-refractivity contribution >= 4 is 41.1 Å². The molecule has 0 aromatic heterocycles. The molecule has 0 unspecified atom stereocenters. The van der Waals surface area contributed by atoms with E-state index >= 15 is 0 Å². The van der Waals surface area contributed by atoms with Crippen molar-refractivity contribution in [2.45, 2.75) is 30.2 Å². The molecule has 2 aromatic rings. The number of primary amides is 1. The molecule has 2 aromatic carbocycles. The monoisotopic (exact) mass is 453 g/mol. The van der Waals surface area contributed by atoms with Crippen LogP contribution in [0.15, 0.2) is 35.2 Å². The van der Waals surface area contributed by atoms with Crippen molar-refractivity contribution in [2.75, 3.05) is 26.2 Å². The molecular formula is C21H22Cl2FN3OS. The van der Waals surface area contributed by atoms with Crippen molar-refractivity contribution in [3.63, 3.8) is 0 Å². The Hall–Kier alpha value is -1.31. The second-order valence-electron chi connectivity index (χ2n) is 7.57. The van der Waals surface area contributed by atoms with E-state index in [1.807, 2.05) is 12.1 Å². The lowest BCUT2D eigenvalue weighted by Gasteiger charge is -2.34. The molecule has 1 heterocycles. The van der Waals surface area contributed by atoms with Crippen molar-refractivity contribution < 1.29 is 9.18 Å². The number of hydrogen-bond donors (Lipinski definition) is 1. The summed E-state index contributed by atoms with van der Waals surface area (Å²) in [5.74, 6) is -0.806. The Morgan fingerprint density at radius 1 is 1.07 bits per heavy atom. The Labute approximate surface area is 184 Å². The van der Waals surface area contributed by atoms with E-state index in [9.17, 15) is 9.18 Å². The average Bonchev–Trinajstić information content (AvgIpc) is 3.47. The highest BCUT2D eigenvalue weighted by molar-refractivity contribution is 7.97. The van der Waals surface area contributed by atoms with Gasteiger partial charge in [-0.15, -0.1) is 0 Å². The summed E-state index contributed by atoms with van der Waals surface area (Å²) in [5.41, 5.74) is 7.36. The number of benzene rings is 2. The van der Waals surface area contributed by atoms with E-state index in [2.05, 4.69) is 9.21 Å². The molecule has 0 atom stereocenters. The van der Waals surface area contributed by atoms with Gasteiger partial charge in [0.25, 0.3) is 5.91 Å². The summed E-state index contributed by atoms with van der Waals surface area (Å²) < 4.78 is 16.6. The first-order valence-electron chi connectivity index (χ1n) is 9.62. The number of carbonyl (C=O) groups excluding carboxylic acids is 1. The Morgan fingerprint density at radius 2 is 1.72 bits per heavy atom. The van der Waals surface area contributed by atoms with Crippen molar-refractivity contribution in [1.29, 1.82) is 0 Å². The fourth-order valence-corrected chi connectivity index (χ4v) is 5.34. The van der Waals surface area contributed by atoms with Gasteiger partial charge < -0.3 is 5.73 Å². The predicted octanol–water partition coefficient (Wildman–Crippen LogP) is 4.93. The Morgan fingerprint density at radius 3 is 2.31 bits per heavy atom. The van der Waals surface area contributed by atoms with Crippen LogP contribution >= 0.6 is 35.1 Å². The van der Waals surface area contributed by atoms with E-state index in [-0.39, 0.29) is 5.56 Å². The quantitative estimate of drug-likeness (QED) is 0.629. The first-order chi connectivity index (χ1) is 13.9. The van der Waals surface area contributed by atoms with Gasteiger partial charge >= 0.3 is 0 Å². The molecule has 2 N–H and O–H groups in total. The van der Waals surface area contributed by atoms with Gasteiger partial charge in [-0.3, -0.25) is 9.69 Å². The van der Waals surface area contributed by atoms with Gasteiger partial charge in [-0.1, -0.05) is 23.2 Å². The van der Waals surface area contributed by atoms with Gasteiger partial charge in [0.2, 0.25) is 0 Å². The number of carbonyl (C=O) groups is 1. The molecule has 1 aliphatic carbocycles. The maximum absolute atomic E-state index is 14.3. The summed E-state index contributed by atoms with van der Waals surface area (Å²) in [4.78, 5) is 14.8. The largest absolute Gasteiger partial charge is 0.366 e. The molecule has 1 amide bonds. The van der Waals surface area contributed by atoms with Crippen LogP contribution in [-0.4, -0.2) is 41.3 Å². The number of rotatable bonds is 6. The highest BCUT2D eigenvalue weighted by atomic mass is 35.5. The first-order valence-corrected chi connectivity index (χ1v) is 11.2. The summed E-state index contributed by atoms with van der Waals surface area (Å²) in [7, 11) is 0. The average molecular weight is 454 g/mol. The van der Waals surface area contributed by atoms with Crippen molar-refractivity contribution in [3.8, 4) is 0 Å². The summed E-state index contributed by atoms with van der Waals surface area (Å²) in [6.07, 6.45) is 2.17. The van der Waals surface area contributed by atoms with Crippen LogP contribution in [0.5, 0.6) is 0 Å². The smallest absolute Gasteiger partial charge is 0.251 e. The molecule has 8 heteroatoms. The Bertz CT molecular complexity index is 910. The molecule has 29 heavy (non-hydrogen) atoms. The minimum atomic E-state index is -0.706. The SMILES string of the molecule is NC(=O)c1cc(C2CC2)c(CN2CCN(Sc3cc(Cl)cc(Cl)c3)CC2)cc1F. The molecule has 154 valence electrons. The third kappa shape index (κ3) is 5.25. The van der Waals surface area contributed by atoms with Crippen LogP contribution in [0.2, 0.25) is 10.0 Å². The van der Waals surface area contributed by atoms with E-state index in [1.165, 1.54) is 6.07 Å². The number of nitrogens with zero attached hydrogens (tertiary/aromatic N) is 2. The lowest BCUT2D eigenvalue weighted by molar-refractivity contribution is 0.0996. The molecule has 2 aliphatic rings. The fraction of sp³-hybridized carbons (Fsp3) is 0.381. The van der Waals surface area contributed by atoms with Crippen molar-refractivity contribution in [1.82, 2.24) is 9.21 Å². The molecule has 1 aliphatic heterocycles. The van der Waals surface area contributed by atoms with Crippen LogP contribution in [0.25, 0.3) is 0 Å². The second-order valence-corrected chi connectivity index (χ2v) is 9.61. The van der Waals surface area contributed by atoms with Gasteiger partial charge in [0.15, 0.2) is 0 Å². The molecule has 0 bridgehead atoms. The highest BCUT2D eigenvalue weighted by Gasteiger charge is 2.29. The first kappa shape index (κ1) is 20.9. The van der Waals surface area contributed by atoms with Crippen LogP contribution in [0.1, 0.15) is 40.2 Å². The third-order valence-electron chi connectivity index (χ3n) is 5.31. The van der Waals surface area contributed by atoms with Crippen LogP contribution < -0.4 is 5.73 Å². The number of hydrogen-bond acceptors (Lipinski definition) is 4. The molecule has 0 radical (unpaired) electrons. The van der Waals surface area contributed by atoms with Gasteiger partial charge in [-0.25, -0.2) is 8.70 Å².